The Balaban J connectivity index is 1.14. The number of carbonyl (C=O) groups excluding carboxylic acids is 3. The second-order valence-electron chi connectivity index (χ2n) is 13.8. The van der Waals surface area contributed by atoms with E-state index in [-0.39, 0.29) is 63.4 Å². The van der Waals surface area contributed by atoms with Gasteiger partial charge in [0.05, 0.1) is 28.9 Å². The summed E-state index contributed by atoms with van der Waals surface area (Å²) >= 11 is 2.65. The van der Waals surface area contributed by atoms with Gasteiger partial charge in [-0.3, -0.25) is 24.1 Å². The number of carboxylic acids is 1. The Morgan fingerprint density at radius 1 is 1.06 bits per heavy atom. The number of hydrogen-bond acceptors (Lipinski definition) is 11. The number of methoxy groups -OCH3 is 1. The van der Waals surface area contributed by atoms with Crippen molar-refractivity contribution in [3.8, 4) is 11.5 Å². The summed E-state index contributed by atoms with van der Waals surface area (Å²) in [6.45, 7) is 3.34. The molecule has 4 aliphatic rings. The molecule has 0 spiro atoms. The number of ether oxygens (including phenoxy) is 2. The lowest BCUT2D eigenvalue weighted by atomic mass is 9.68. The number of hydrogen-bond donors (Lipinski definition) is 4. The number of aliphatic carboxylic acids is 1. The van der Waals surface area contributed by atoms with Crippen molar-refractivity contribution < 1.29 is 42.2 Å². The highest BCUT2D eigenvalue weighted by Crippen LogP contribution is 2.68. The number of nitrogens with two attached hydrogens (primary N) is 1. The Labute approximate surface area is 301 Å². The molecule has 2 aromatic carbocycles. The van der Waals surface area contributed by atoms with Crippen LogP contribution in [-0.2, 0) is 29.2 Å². The van der Waals surface area contributed by atoms with Gasteiger partial charge in [0.25, 0.3) is 5.91 Å². The normalized spacial score (nSPS) is 26.8. The fourth-order valence-corrected chi connectivity index (χ4v) is 12.0. The number of aromatic nitrogens is 1. The monoisotopic (exact) mass is 756 g/mol. The van der Waals surface area contributed by atoms with E-state index >= 15 is 0 Å². The number of amides is 3. The van der Waals surface area contributed by atoms with Crippen molar-refractivity contribution in [3.63, 3.8) is 0 Å². The predicted molar refractivity (Wildman–Crippen MR) is 186 cm³/mol. The molecule has 2 saturated carbocycles. The van der Waals surface area contributed by atoms with E-state index in [2.05, 4.69) is 10.3 Å². The van der Waals surface area contributed by atoms with Crippen molar-refractivity contribution in [1.29, 1.82) is 0 Å². The molecule has 51 heavy (non-hydrogen) atoms. The maximum atomic E-state index is 14.0. The number of anilines is 1. The summed E-state index contributed by atoms with van der Waals surface area (Å²) in [4.78, 5) is 70.0. The Kier molecular flexibility index (Phi) is 9.04. The number of nitrogens with zero attached hydrogens (tertiary/aromatic N) is 1. The van der Waals surface area contributed by atoms with Crippen LogP contribution >= 0.6 is 23.1 Å². The van der Waals surface area contributed by atoms with E-state index in [4.69, 9.17) is 14.6 Å². The SMILES string of the molecule is COc1cc([C@H]2c3sc(=O)[nH]c3SC3C4CC(C5C(=O)N(C(CC(C)C)C(=O)O)C(=O)C45)C32)ccc1OCC(=O)Nc1ccc(S(N)(=O)=O)cc1. The standard InChI is InChI=1S/C34H36N4O10S3/c1-14(2)10-20(33(42)43)38-31(40)26-18-12-19(27(26)32(38)41)28-25(18)24(29-30(49-28)37-34(44)50-29)15-4-9-21(22(11-15)47-3)48-13-23(39)36-16-5-7-17(8-6-16)51(35,45)46/h4-9,11,14,18-20,24-28H,10,12-13H2,1-3H3,(H,36,39)(H,37,44)(H,42,43)(H2,35,45,46)/t18?,19?,20?,24-,25?,26?,27?,28?/m1/s1. The van der Waals surface area contributed by atoms with Crippen LogP contribution < -0.4 is 24.8 Å². The summed E-state index contributed by atoms with van der Waals surface area (Å²) < 4.78 is 34.5. The fourth-order valence-electron chi connectivity index (χ4n) is 8.55. The number of primary sulfonamides is 1. The Hall–Kier alpha value is -4.19. The number of sulfonamides is 1. The minimum Gasteiger partial charge on any atom is -0.493 e. The number of aromatic amines is 1. The van der Waals surface area contributed by atoms with Crippen LogP contribution in [-0.4, -0.2) is 72.1 Å². The summed E-state index contributed by atoms with van der Waals surface area (Å²) in [6, 6.07) is 9.48. The molecule has 7 unspecified atom stereocenters. The minimum absolute atomic E-state index is 0.0347. The van der Waals surface area contributed by atoms with E-state index in [1.165, 1.54) is 43.1 Å². The minimum atomic E-state index is -3.88. The van der Waals surface area contributed by atoms with Crippen LogP contribution in [0.2, 0.25) is 0 Å². The molecule has 270 valence electrons. The first kappa shape index (κ1) is 35.2. The number of fused-ring (bicyclic) bond motifs is 9. The molecular weight excluding hydrogens is 721 g/mol. The van der Waals surface area contributed by atoms with E-state index in [0.29, 0.717) is 17.9 Å². The first-order valence-electron chi connectivity index (χ1n) is 16.4. The molecule has 3 fully saturated rings. The first-order chi connectivity index (χ1) is 24.2. The number of carboxylic acid groups (broad SMARTS) is 1. The van der Waals surface area contributed by atoms with Gasteiger partial charge in [-0.25, -0.2) is 18.4 Å². The first-order valence-corrected chi connectivity index (χ1v) is 19.6. The Morgan fingerprint density at radius 2 is 1.75 bits per heavy atom. The van der Waals surface area contributed by atoms with Crippen molar-refractivity contribution in [3.05, 3.63) is 62.6 Å². The predicted octanol–water partition coefficient (Wildman–Crippen LogP) is 3.08. The van der Waals surface area contributed by atoms with Gasteiger partial charge in [0.15, 0.2) is 18.1 Å². The van der Waals surface area contributed by atoms with Gasteiger partial charge >= 0.3 is 10.8 Å². The van der Waals surface area contributed by atoms with Crippen LogP contribution in [0, 0.1) is 35.5 Å². The van der Waals surface area contributed by atoms with Gasteiger partial charge in [-0.2, -0.15) is 0 Å². The van der Waals surface area contributed by atoms with E-state index in [1.54, 1.807) is 12.1 Å². The van der Waals surface area contributed by atoms with Gasteiger partial charge in [-0.15, -0.1) is 11.8 Å². The zero-order valence-electron chi connectivity index (χ0n) is 27.7. The number of likely N-dealkylation sites (tertiary alicyclic amines) is 1. The average molecular weight is 757 g/mol. The average Bonchev–Trinajstić information content (AvgIpc) is 3.81. The Bertz CT molecular complexity index is 2100. The molecule has 1 aromatic heterocycles. The van der Waals surface area contributed by atoms with E-state index < -0.39 is 51.6 Å². The molecule has 1 saturated heterocycles. The summed E-state index contributed by atoms with van der Waals surface area (Å²) in [5, 5.41) is 18.4. The number of thioether (sulfide) groups is 1. The number of thiazole rings is 1. The number of rotatable bonds is 11. The number of imide groups is 1. The maximum absolute atomic E-state index is 14.0. The number of H-pyrrole nitrogens is 1. The third-order valence-electron chi connectivity index (χ3n) is 10.4. The van der Waals surface area contributed by atoms with Crippen LogP contribution in [0.3, 0.4) is 0 Å². The van der Waals surface area contributed by atoms with Gasteiger partial charge in [-0.1, -0.05) is 31.3 Å². The number of carbonyl (C=O) groups is 4. The van der Waals surface area contributed by atoms with Gasteiger partial charge in [0, 0.05) is 21.7 Å². The van der Waals surface area contributed by atoms with Crippen molar-refractivity contribution in [2.24, 2.45) is 40.6 Å². The van der Waals surface area contributed by atoms with Crippen LogP contribution in [0.25, 0.3) is 0 Å². The molecule has 3 amide bonds. The lowest BCUT2D eigenvalue weighted by molar-refractivity contribution is -0.156. The topological polar surface area (TPSA) is 215 Å². The highest BCUT2D eigenvalue weighted by atomic mass is 32.2. The summed E-state index contributed by atoms with van der Waals surface area (Å²) in [5.41, 5.74) is 1.16. The molecule has 17 heteroatoms. The largest absolute Gasteiger partial charge is 0.493 e. The number of nitrogens with one attached hydrogen (secondary N) is 2. The lowest BCUT2D eigenvalue weighted by Gasteiger charge is -2.43. The van der Waals surface area contributed by atoms with Crippen molar-refractivity contribution in [2.45, 2.75) is 53.8 Å². The quantitative estimate of drug-likeness (QED) is 0.209. The molecule has 2 aliphatic heterocycles. The van der Waals surface area contributed by atoms with Crippen LogP contribution in [0.15, 0.2) is 57.2 Å². The van der Waals surface area contributed by atoms with E-state index in [0.717, 1.165) is 31.7 Å². The highest BCUT2D eigenvalue weighted by molar-refractivity contribution is 8.00. The van der Waals surface area contributed by atoms with Gasteiger partial charge in [0.1, 0.15) is 6.04 Å². The Morgan fingerprint density at radius 3 is 2.37 bits per heavy atom. The number of benzene rings is 2. The van der Waals surface area contributed by atoms with Gasteiger partial charge < -0.3 is 24.9 Å². The fraction of sp³-hybridized carbons (Fsp3) is 0.441. The molecule has 2 bridgehead atoms. The second-order valence-corrected chi connectivity index (χ2v) is 17.6. The van der Waals surface area contributed by atoms with Crippen LogP contribution in [0.1, 0.15) is 43.0 Å². The third kappa shape index (κ3) is 6.13. The maximum Gasteiger partial charge on any atom is 0.326 e. The molecule has 14 nitrogen and oxygen atoms in total. The van der Waals surface area contributed by atoms with Crippen LogP contribution in [0.5, 0.6) is 11.5 Å². The molecule has 2 aliphatic carbocycles. The summed E-state index contributed by atoms with van der Waals surface area (Å²) in [7, 11) is -2.41. The third-order valence-corrected chi connectivity index (χ3v) is 13.9. The summed E-state index contributed by atoms with van der Waals surface area (Å²) in [6.07, 6.45) is 0.827. The lowest BCUT2D eigenvalue weighted by Crippen LogP contribution is -2.47. The zero-order valence-corrected chi connectivity index (χ0v) is 30.2. The van der Waals surface area contributed by atoms with Gasteiger partial charge in [-0.05, 0) is 78.5 Å². The molecule has 3 aromatic rings. The van der Waals surface area contributed by atoms with Gasteiger partial charge in [0.2, 0.25) is 21.8 Å². The molecule has 7 rings (SSSR count). The van der Waals surface area contributed by atoms with Crippen molar-refractivity contribution in [2.75, 3.05) is 19.0 Å². The van der Waals surface area contributed by atoms with E-state index in [9.17, 15) is 37.5 Å². The second kappa shape index (κ2) is 13.1. The highest BCUT2D eigenvalue weighted by Gasteiger charge is 2.70. The van der Waals surface area contributed by atoms with E-state index in [1.807, 2.05) is 19.9 Å². The zero-order chi connectivity index (χ0) is 36.5. The molecule has 0 radical (unpaired) electrons. The molecular formula is C34H36N4O10S3. The van der Waals surface area contributed by atoms with Crippen molar-refractivity contribution in [1.82, 2.24) is 9.88 Å². The molecule has 3 heterocycles. The summed E-state index contributed by atoms with van der Waals surface area (Å²) in [5.74, 6) is -3.94. The van der Waals surface area contributed by atoms with Crippen LogP contribution in [0.4, 0.5) is 5.69 Å². The molecule has 5 N–H and O–H groups in total. The molecule has 8 atom stereocenters. The smallest absolute Gasteiger partial charge is 0.326 e. The van der Waals surface area contributed by atoms with Crippen molar-refractivity contribution >= 4 is 62.5 Å².